The molecule has 116 valence electrons. The molecule has 0 amide bonds. The third-order valence-electron chi connectivity index (χ3n) is 3.88. The molecule has 0 aliphatic heterocycles. The van der Waals surface area contributed by atoms with Crippen molar-refractivity contribution in [2.75, 3.05) is 0 Å². The summed E-state index contributed by atoms with van der Waals surface area (Å²) < 4.78 is 2.04. The van der Waals surface area contributed by atoms with E-state index in [2.05, 4.69) is 10.2 Å². The Bertz CT molecular complexity index is 1000. The molecule has 0 spiro atoms. The molecule has 2 heterocycles. The van der Waals surface area contributed by atoms with Crippen LogP contribution in [0.3, 0.4) is 0 Å². The number of benzene rings is 2. The Balaban J connectivity index is 1.93. The zero-order valence-corrected chi connectivity index (χ0v) is 13.3. The van der Waals surface area contributed by atoms with Gasteiger partial charge in [-0.05, 0) is 31.2 Å². The van der Waals surface area contributed by atoms with Crippen molar-refractivity contribution in [3.05, 3.63) is 84.6 Å². The second-order valence-corrected chi connectivity index (χ2v) is 5.55. The molecule has 0 atom stereocenters. The molecule has 0 N–H and O–H groups in total. The molecule has 2 aromatic heterocycles. The van der Waals surface area contributed by atoms with Gasteiger partial charge in [0.25, 0.3) is 0 Å². The number of aromatic nitrogens is 2. The molecule has 4 heteroatoms. The molecule has 0 unspecified atom stereocenters. The van der Waals surface area contributed by atoms with Crippen LogP contribution in [0.5, 0.6) is 0 Å². The molecule has 0 aliphatic carbocycles. The summed E-state index contributed by atoms with van der Waals surface area (Å²) in [7, 11) is 0. The van der Waals surface area contributed by atoms with Gasteiger partial charge in [0.05, 0.1) is 5.69 Å². The molecule has 0 bridgehead atoms. The number of nitrogens with zero attached hydrogens (tertiary/aromatic N) is 4. The van der Waals surface area contributed by atoms with Crippen molar-refractivity contribution in [2.45, 2.75) is 6.92 Å². The van der Waals surface area contributed by atoms with Crippen LogP contribution in [0.2, 0.25) is 0 Å². The fourth-order valence-corrected chi connectivity index (χ4v) is 2.72. The zero-order valence-electron chi connectivity index (χ0n) is 13.3. The normalized spacial score (nSPS) is 11.4. The molecule has 0 aliphatic rings. The predicted molar refractivity (Wildman–Crippen MR) is 96.0 cm³/mol. The first kappa shape index (κ1) is 14.3. The molecule has 0 fully saturated rings. The summed E-state index contributed by atoms with van der Waals surface area (Å²) in [6.45, 7) is 2.05. The van der Waals surface area contributed by atoms with E-state index in [0.717, 1.165) is 34.1 Å². The number of azo groups is 1. The smallest absolute Gasteiger partial charge is 0.187 e. The summed E-state index contributed by atoms with van der Waals surface area (Å²) in [5.41, 5.74) is 4.63. The van der Waals surface area contributed by atoms with E-state index < -0.39 is 0 Å². The van der Waals surface area contributed by atoms with Crippen LogP contribution in [0.15, 0.2) is 89.1 Å². The Morgan fingerprint density at radius 2 is 1.46 bits per heavy atom. The number of aryl methyl sites for hydroxylation is 1. The maximum absolute atomic E-state index is 4.77. The quantitative estimate of drug-likeness (QED) is 0.446. The van der Waals surface area contributed by atoms with Gasteiger partial charge in [-0.15, -0.1) is 10.2 Å². The molecule has 0 radical (unpaired) electrons. The van der Waals surface area contributed by atoms with Gasteiger partial charge in [0.2, 0.25) is 0 Å². The van der Waals surface area contributed by atoms with Gasteiger partial charge >= 0.3 is 0 Å². The third kappa shape index (κ3) is 2.58. The lowest BCUT2D eigenvalue weighted by Crippen LogP contribution is -1.89. The van der Waals surface area contributed by atoms with E-state index in [1.807, 2.05) is 90.2 Å². The van der Waals surface area contributed by atoms with E-state index in [1.165, 1.54) is 0 Å². The van der Waals surface area contributed by atoms with Gasteiger partial charge < -0.3 is 0 Å². The fourth-order valence-electron chi connectivity index (χ4n) is 2.72. The van der Waals surface area contributed by atoms with Crippen LogP contribution in [-0.2, 0) is 0 Å². The van der Waals surface area contributed by atoms with Crippen molar-refractivity contribution in [3.63, 3.8) is 0 Å². The van der Waals surface area contributed by atoms with Crippen molar-refractivity contribution >= 4 is 17.2 Å². The first-order valence-electron chi connectivity index (χ1n) is 7.83. The van der Waals surface area contributed by atoms with Crippen molar-refractivity contribution in [1.29, 1.82) is 0 Å². The number of pyridine rings is 1. The van der Waals surface area contributed by atoms with Crippen molar-refractivity contribution in [1.82, 2.24) is 9.38 Å². The summed E-state index contributed by atoms with van der Waals surface area (Å²) in [5.74, 6) is 0.748. The van der Waals surface area contributed by atoms with Gasteiger partial charge in [0.15, 0.2) is 5.82 Å². The molecule has 0 saturated heterocycles. The number of rotatable bonds is 3. The highest BCUT2D eigenvalue weighted by molar-refractivity contribution is 5.74. The summed E-state index contributed by atoms with van der Waals surface area (Å²) in [5, 5.41) is 8.92. The number of imidazole rings is 1. The van der Waals surface area contributed by atoms with Gasteiger partial charge in [-0.2, -0.15) is 0 Å². The predicted octanol–water partition coefficient (Wildman–Crippen LogP) is 5.73. The Hall–Kier alpha value is -3.27. The minimum atomic E-state index is 0.748. The standard InChI is InChI=1S/C20H16N4/c1-15-9-8-14-18-21-19(16-10-4-2-5-11-16)20(24(15)18)23-22-17-12-6-3-7-13-17/h2-14H,1H3. The van der Waals surface area contributed by atoms with E-state index in [4.69, 9.17) is 4.98 Å². The number of hydrogen-bond donors (Lipinski definition) is 0. The Morgan fingerprint density at radius 3 is 2.21 bits per heavy atom. The molecule has 4 nitrogen and oxygen atoms in total. The molecule has 4 aromatic rings. The van der Waals surface area contributed by atoms with E-state index >= 15 is 0 Å². The first-order valence-corrected chi connectivity index (χ1v) is 7.83. The summed E-state index contributed by atoms with van der Waals surface area (Å²) in [4.78, 5) is 4.77. The van der Waals surface area contributed by atoms with Crippen LogP contribution in [0.25, 0.3) is 16.9 Å². The van der Waals surface area contributed by atoms with Crippen molar-refractivity contribution in [3.8, 4) is 11.3 Å². The second-order valence-electron chi connectivity index (χ2n) is 5.55. The zero-order chi connectivity index (χ0) is 16.4. The third-order valence-corrected chi connectivity index (χ3v) is 3.88. The van der Waals surface area contributed by atoms with Crippen LogP contribution < -0.4 is 0 Å². The monoisotopic (exact) mass is 312 g/mol. The van der Waals surface area contributed by atoms with Crippen molar-refractivity contribution < 1.29 is 0 Å². The van der Waals surface area contributed by atoms with Crippen LogP contribution in [0.4, 0.5) is 11.5 Å². The SMILES string of the molecule is Cc1cccc2nc(-c3ccccc3)c(N=Nc3ccccc3)n12. The minimum Gasteiger partial charge on any atom is -0.280 e. The highest BCUT2D eigenvalue weighted by Gasteiger charge is 2.14. The molecule has 4 rings (SSSR count). The number of fused-ring (bicyclic) bond motifs is 1. The summed E-state index contributed by atoms with van der Waals surface area (Å²) in [6.07, 6.45) is 0. The Morgan fingerprint density at radius 1 is 0.750 bits per heavy atom. The van der Waals surface area contributed by atoms with E-state index in [-0.39, 0.29) is 0 Å². The van der Waals surface area contributed by atoms with E-state index in [1.54, 1.807) is 0 Å². The summed E-state index contributed by atoms with van der Waals surface area (Å²) in [6, 6.07) is 25.9. The lowest BCUT2D eigenvalue weighted by Gasteiger charge is -2.02. The van der Waals surface area contributed by atoms with Gasteiger partial charge in [0, 0.05) is 11.3 Å². The van der Waals surface area contributed by atoms with E-state index in [0.29, 0.717) is 0 Å². The Labute approximate surface area is 140 Å². The van der Waals surface area contributed by atoms with Crippen LogP contribution >= 0.6 is 0 Å². The summed E-state index contributed by atoms with van der Waals surface area (Å²) >= 11 is 0. The van der Waals surface area contributed by atoms with Crippen molar-refractivity contribution in [2.24, 2.45) is 10.2 Å². The van der Waals surface area contributed by atoms with Crippen LogP contribution in [-0.4, -0.2) is 9.38 Å². The topological polar surface area (TPSA) is 42.0 Å². The maximum Gasteiger partial charge on any atom is 0.187 e. The molecular formula is C20H16N4. The van der Waals surface area contributed by atoms with Gasteiger partial charge in [-0.3, -0.25) is 4.40 Å². The number of hydrogen-bond acceptors (Lipinski definition) is 3. The largest absolute Gasteiger partial charge is 0.280 e. The second kappa shape index (κ2) is 6.08. The molecule has 2 aromatic carbocycles. The first-order chi connectivity index (χ1) is 11.8. The molecule has 24 heavy (non-hydrogen) atoms. The van der Waals surface area contributed by atoms with Crippen LogP contribution in [0, 0.1) is 6.92 Å². The van der Waals surface area contributed by atoms with Crippen LogP contribution in [0.1, 0.15) is 5.69 Å². The van der Waals surface area contributed by atoms with Gasteiger partial charge in [-0.1, -0.05) is 54.6 Å². The molecule has 0 saturated carbocycles. The average molecular weight is 312 g/mol. The van der Waals surface area contributed by atoms with E-state index in [9.17, 15) is 0 Å². The minimum absolute atomic E-state index is 0.748. The lowest BCUT2D eigenvalue weighted by molar-refractivity contribution is 1.05. The average Bonchev–Trinajstić information content (AvgIpc) is 3.01. The lowest BCUT2D eigenvalue weighted by atomic mass is 10.1. The fraction of sp³-hybridized carbons (Fsp3) is 0.0500. The molecular weight excluding hydrogens is 296 g/mol. The Kier molecular flexibility index (Phi) is 3.63. The van der Waals surface area contributed by atoms with Gasteiger partial charge in [-0.25, -0.2) is 4.98 Å². The highest BCUT2D eigenvalue weighted by atomic mass is 15.2. The maximum atomic E-state index is 4.77. The van der Waals surface area contributed by atoms with Gasteiger partial charge in [0.1, 0.15) is 11.3 Å². The highest BCUT2D eigenvalue weighted by Crippen LogP contribution is 2.32.